The molecule has 5 unspecified atom stereocenters. The summed E-state index contributed by atoms with van der Waals surface area (Å²) in [6.45, 7) is 12.3. The Balaban J connectivity index is 2.54. The van der Waals surface area contributed by atoms with Crippen LogP contribution in [0.5, 0.6) is 0 Å². The lowest BCUT2D eigenvalue weighted by atomic mass is 9.73. The summed E-state index contributed by atoms with van der Waals surface area (Å²) in [5.74, 6) is 4.82. The second-order valence-corrected chi connectivity index (χ2v) is 8.13. The zero-order chi connectivity index (χ0) is 15.7. The Kier molecular flexibility index (Phi) is 9.69. The van der Waals surface area contributed by atoms with Gasteiger partial charge in [0.15, 0.2) is 0 Å². The summed E-state index contributed by atoms with van der Waals surface area (Å²) < 4.78 is 0. The van der Waals surface area contributed by atoms with E-state index in [-0.39, 0.29) is 0 Å². The topological polar surface area (TPSA) is 0 Å². The Labute approximate surface area is 135 Å². The Morgan fingerprint density at radius 1 is 0.952 bits per heavy atom. The molecule has 0 radical (unpaired) electrons. The second-order valence-electron chi connectivity index (χ2n) is 8.13. The molecule has 0 N–H and O–H groups in total. The van der Waals surface area contributed by atoms with E-state index in [1.165, 1.54) is 70.6 Å². The molecule has 1 fully saturated rings. The molecule has 1 aliphatic rings. The molecular formula is C21H42. The van der Waals surface area contributed by atoms with Gasteiger partial charge in [0.2, 0.25) is 0 Å². The van der Waals surface area contributed by atoms with E-state index in [1.807, 2.05) is 0 Å². The third kappa shape index (κ3) is 6.74. The normalized spacial score (nSPS) is 27.9. The van der Waals surface area contributed by atoms with Gasteiger partial charge in [-0.1, -0.05) is 92.4 Å². The molecule has 21 heavy (non-hydrogen) atoms. The van der Waals surface area contributed by atoms with Crippen LogP contribution in [0.15, 0.2) is 0 Å². The SMILES string of the molecule is CCCCCC(CC(C)C1CCCCCC1C)C(C)CC. The molecule has 1 saturated carbocycles. The molecular weight excluding hydrogens is 252 g/mol. The average molecular weight is 295 g/mol. The van der Waals surface area contributed by atoms with Gasteiger partial charge >= 0.3 is 0 Å². The lowest BCUT2D eigenvalue weighted by Gasteiger charge is -2.33. The summed E-state index contributed by atoms with van der Waals surface area (Å²) in [6.07, 6.45) is 16.0. The molecule has 5 atom stereocenters. The number of hydrogen-bond donors (Lipinski definition) is 0. The molecule has 0 heteroatoms. The summed E-state index contributed by atoms with van der Waals surface area (Å²) >= 11 is 0. The summed E-state index contributed by atoms with van der Waals surface area (Å²) in [5.41, 5.74) is 0. The molecule has 0 aromatic rings. The van der Waals surface area contributed by atoms with E-state index in [0.29, 0.717) is 0 Å². The Morgan fingerprint density at radius 3 is 2.33 bits per heavy atom. The van der Waals surface area contributed by atoms with Gasteiger partial charge in [-0.15, -0.1) is 0 Å². The minimum Gasteiger partial charge on any atom is -0.0654 e. The standard InChI is InChI=1S/C21H42/c1-6-8-10-14-20(17(3)7-2)16-19(5)21-15-12-9-11-13-18(21)4/h17-21H,6-16H2,1-5H3. The zero-order valence-corrected chi connectivity index (χ0v) is 15.7. The molecule has 126 valence electrons. The fraction of sp³-hybridized carbons (Fsp3) is 1.00. The minimum atomic E-state index is 0.922. The van der Waals surface area contributed by atoms with Crippen molar-refractivity contribution in [2.24, 2.45) is 29.6 Å². The van der Waals surface area contributed by atoms with Crippen LogP contribution >= 0.6 is 0 Å². The monoisotopic (exact) mass is 294 g/mol. The first-order valence-corrected chi connectivity index (χ1v) is 10.1. The van der Waals surface area contributed by atoms with Gasteiger partial charge in [-0.2, -0.15) is 0 Å². The van der Waals surface area contributed by atoms with Crippen molar-refractivity contribution in [2.75, 3.05) is 0 Å². The first-order chi connectivity index (χ1) is 10.1. The van der Waals surface area contributed by atoms with E-state index in [1.54, 1.807) is 0 Å². The van der Waals surface area contributed by atoms with Gasteiger partial charge in [0.05, 0.1) is 0 Å². The highest BCUT2D eigenvalue weighted by Crippen LogP contribution is 2.38. The van der Waals surface area contributed by atoms with Crippen LogP contribution in [0.1, 0.15) is 105 Å². The van der Waals surface area contributed by atoms with E-state index >= 15 is 0 Å². The first-order valence-electron chi connectivity index (χ1n) is 10.1. The fourth-order valence-electron chi connectivity index (χ4n) is 4.64. The van der Waals surface area contributed by atoms with Crippen LogP contribution in [-0.2, 0) is 0 Å². The van der Waals surface area contributed by atoms with Crippen molar-refractivity contribution >= 4 is 0 Å². The lowest BCUT2D eigenvalue weighted by Crippen LogP contribution is -2.23. The molecule has 0 bridgehead atoms. The minimum absolute atomic E-state index is 0.922. The van der Waals surface area contributed by atoms with Crippen LogP contribution in [0.2, 0.25) is 0 Å². The van der Waals surface area contributed by atoms with Gasteiger partial charge in [-0.3, -0.25) is 0 Å². The summed E-state index contributed by atoms with van der Waals surface area (Å²) in [6, 6.07) is 0. The number of rotatable bonds is 9. The Hall–Kier alpha value is 0. The average Bonchev–Trinajstić information content (AvgIpc) is 2.70. The van der Waals surface area contributed by atoms with Gasteiger partial charge < -0.3 is 0 Å². The van der Waals surface area contributed by atoms with Crippen molar-refractivity contribution in [2.45, 2.75) is 105 Å². The van der Waals surface area contributed by atoms with Crippen molar-refractivity contribution < 1.29 is 0 Å². The van der Waals surface area contributed by atoms with E-state index in [0.717, 1.165) is 29.6 Å². The molecule has 0 nitrogen and oxygen atoms in total. The highest BCUT2D eigenvalue weighted by Gasteiger charge is 2.28. The molecule has 0 aliphatic heterocycles. The van der Waals surface area contributed by atoms with Gasteiger partial charge in [-0.25, -0.2) is 0 Å². The third-order valence-corrected chi connectivity index (χ3v) is 6.46. The summed E-state index contributed by atoms with van der Waals surface area (Å²) in [4.78, 5) is 0. The van der Waals surface area contributed by atoms with E-state index < -0.39 is 0 Å². The maximum absolute atomic E-state index is 2.57. The maximum Gasteiger partial charge on any atom is -0.0363 e. The third-order valence-electron chi connectivity index (χ3n) is 6.46. The Bertz CT molecular complexity index is 244. The van der Waals surface area contributed by atoms with Crippen LogP contribution < -0.4 is 0 Å². The molecule has 0 saturated heterocycles. The van der Waals surface area contributed by atoms with Crippen molar-refractivity contribution in [3.63, 3.8) is 0 Å². The van der Waals surface area contributed by atoms with E-state index in [9.17, 15) is 0 Å². The van der Waals surface area contributed by atoms with Crippen molar-refractivity contribution in [3.05, 3.63) is 0 Å². The predicted molar refractivity (Wildman–Crippen MR) is 96.6 cm³/mol. The van der Waals surface area contributed by atoms with Crippen molar-refractivity contribution in [1.82, 2.24) is 0 Å². The van der Waals surface area contributed by atoms with E-state index in [4.69, 9.17) is 0 Å². The van der Waals surface area contributed by atoms with Crippen LogP contribution in [0.4, 0.5) is 0 Å². The van der Waals surface area contributed by atoms with E-state index in [2.05, 4.69) is 34.6 Å². The van der Waals surface area contributed by atoms with Crippen LogP contribution in [-0.4, -0.2) is 0 Å². The summed E-state index contributed by atoms with van der Waals surface area (Å²) in [5, 5.41) is 0. The smallest absolute Gasteiger partial charge is 0.0363 e. The first kappa shape index (κ1) is 19.0. The molecule has 1 rings (SSSR count). The maximum atomic E-state index is 2.57. The second kappa shape index (κ2) is 10.7. The highest BCUT2D eigenvalue weighted by molar-refractivity contribution is 4.78. The zero-order valence-electron chi connectivity index (χ0n) is 15.7. The molecule has 0 heterocycles. The predicted octanol–water partition coefficient (Wildman–Crippen LogP) is 7.47. The Morgan fingerprint density at radius 2 is 1.67 bits per heavy atom. The van der Waals surface area contributed by atoms with Gasteiger partial charge in [0.25, 0.3) is 0 Å². The molecule has 1 aliphatic carbocycles. The summed E-state index contributed by atoms with van der Waals surface area (Å²) in [7, 11) is 0. The lowest BCUT2D eigenvalue weighted by molar-refractivity contribution is 0.174. The van der Waals surface area contributed by atoms with Crippen LogP contribution in [0.3, 0.4) is 0 Å². The number of hydrogen-bond acceptors (Lipinski definition) is 0. The molecule has 0 aromatic heterocycles. The number of unbranched alkanes of at least 4 members (excludes halogenated alkanes) is 2. The molecule has 0 aromatic carbocycles. The molecule has 0 spiro atoms. The van der Waals surface area contributed by atoms with Gasteiger partial charge in [0.1, 0.15) is 0 Å². The fourth-order valence-corrected chi connectivity index (χ4v) is 4.64. The highest BCUT2D eigenvalue weighted by atomic mass is 14.3. The largest absolute Gasteiger partial charge is 0.0654 e. The van der Waals surface area contributed by atoms with Gasteiger partial charge in [-0.05, 0) is 42.4 Å². The van der Waals surface area contributed by atoms with Crippen molar-refractivity contribution in [3.8, 4) is 0 Å². The van der Waals surface area contributed by atoms with Crippen LogP contribution in [0.25, 0.3) is 0 Å². The van der Waals surface area contributed by atoms with Crippen molar-refractivity contribution in [1.29, 1.82) is 0 Å². The quantitative estimate of drug-likeness (QED) is 0.305. The van der Waals surface area contributed by atoms with Gasteiger partial charge in [0, 0.05) is 0 Å². The van der Waals surface area contributed by atoms with Crippen LogP contribution in [0, 0.1) is 29.6 Å². The molecule has 0 amide bonds.